The van der Waals surface area contributed by atoms with Crippen molar-refractivity contribution in [3.63, 3.8) is 0 Å². The first-order chi connectivity index (χ1) is 8.91. The predicted octanol–water partition coefficient (Wildman–Crippen LogP) is 2.41. The maximum Gasteiger partial charge on any atom is 0.326 e. The summed E-state index contributed by atoms with van der Waals surface area (Å²) >= 11 is 0. The first-order valence-corrected chi connectivity index (χ1v) is 6.50. The molecule has 0 radical (unpaired) electrons. The summed E-state index contributed by atoms with van der Waals surface area (Å²) in [5.74, 6) is -1.37. The van der Waals surface area contributed by atoms with Crippen molar-refractivity contribution in [3.05, 3.63) is 35.9 Å². The van der Waals surface area contributed by atoms with Crippen LogP contribution >= 0.6 is 0 Å². The standard InChI is InChI=1S/C15H21NO3/c1-10(2)9-13(15(18)19)16-14(17)11(3)12-7-5-4-6-8-12/h4-8,10-11,13H,9H2,1-3H3,(H,16,17)(H,18,19)/t11-,13?/m0/s1. The predicted molar refractivity (Wildman–Crippen MR) is 73.9 cm³/mol. The van der Waals surface area contributed by atoms with Gasteiger partial charge in [0.15, 0.2) is 0 Å². The molecule has 0 aliphatic rings. The molecule has 0 aliphatic carbocycles. The molecule has 1 amide bonds. The summed E-state index contributed by atoms with van der Waals surface area (Å²) in [6, 6.07) is 8.51. The Hall–Kier alpha value is -1.84. The molecule has 2 atom stereocenters. The molecule has 1 aromatic rings. The molecular formula is C15H21NO3. The average molecular weight is 263 g/mol. The fourth-order valence-electron chi connectivity index (χ4n) is 1.88. The molecular weight excluding hydrogens is 242 g/mol. The van der Waals surface area contributed by atoms with Crippen LogP contribution in [0.2, 0.25) is 0 Å². The molecule has 0 saturated heterocycles. The van der Waals surface area contributed by atoms with Crippen LogP contribution in [0, 0.1) is 5.92 Å². The van der Waals surface area contributed by atoms with Crippen LogP contribution in [-0.2, 0) is 9.59 Å². The van der Waals surface area contributed by atoms with E-state index in [0.29, 0.717) is 6.42 Å². The van der Waals surface area contributed by atoms with E-state index in [9.17, 15) is 9.59 Å². The Labute approximate surface area is 113 Å². The van der Waals surface area contributed by atoms with Gasteiger partial charge in [0.25, 0.3) is 0 Å². The van der Waals surface area contributed by atoms with Gasteiger partial charge in [0.2, 0.25) is 5.91 Å². The summed E-state index contributed by atoms with van der Waals surface area (Å²) in [5.41, 5.74) is 0.883. The number of hydrogen-bond acceptors (Lipinski definition) is 2. The molecule has 1 unspecified atom stereocenters. The second-order valence-corrected chi connectivity index (χ2v) is 5.16. The molecule has 2 N–H and O–H groups in total. The summed E-state index contributed by atoms with van der Waals surface area (Å²) < 4.78 is 0. The van der Waals surface area contributed by atoms with E-state index in [4.69, 9.17) is 5.11 Å². The summed E-state index contributed by atoms with van der Waals surface area (Å²) in [6.07, 6.45) is 0.433. The third kappa shape index (κ3) is 4.73. The van der Waals surface area contributed by atoms with Gasteiger partial charge in [0, 0.05) is 0 Å². The lowest BCUT2D eigenvalue weighted by molar-refractivity contribution is -0.142. The van der Waals surface area contributed by atoms with E-state index in [1.807, 2.05) is 44.2 Å². The molecule has 4 heteroatoms. The highest BCUT2D eigenvalue weighted by atomic mass is 16.4. The summed E-state index contributed by atoms with van der Waals surface area (Å²) in [4.78, 5) is 23.2. The Morgan fingerprint density at radius 1 is 1.16 bits per heavy atom. The van der Waals surface area contributed by atoms with E-state index < -0.39 is 12.0 Å². The van der Waals surface area contributed by atoms with Gasteiger partial charge in [0.05, 0.1) is 5.92 Å². The summed E-state index contributed by atoms with van der Waals surface area (Å²) in [5, 5.41) is 11.7. The summed E-state index contributed by atoms with van der Waals surface area (Å²) in [6.45, 7) is 5.64. The van der Waals surface area contributed by atoms with Crippen molar-refractivity contribution in [2.75, 3.05) is 0 Å². The maximum atomic E-state index is 12.1. The number of carboxylic acid groups (broad SMARTS) is 1. The van der Waals surface area contributed by atoms with Crippen molar-refractivity contribution in [3.8, 4) is 0 Å². The zero-order valence-corrected chi connectivity index (χ0v) is 11.6. The van der Waals surface area contributed by atoms with Gasteiger partial charge in [-0.15, -0.1) is 0 Å². The van der Waals surface area contributed by atoms with Gasteiger partial charge in [-0.25, -0.2) is 4.79 Å². The van der Waals surface area contributed by atoms with Crippen LogP contribution in [0.25, 0.3) is 0 Å². The van der Waals surface area contributed by atoms with Gasteiger partial charge in [-0.05, 0) is 24.8 Å². The number of amides is 1. The molecule has 4 nitrogen and oxygen atoms in total. The fourth-order valence-corrected chi connectivity index (χ4v) is 1.88. The van der Waals surface area contributed by atoms with E-state index in [1.165, 1.54) is 0 Å². The van der Waals surface area contributed by atoms with Crippen LogP contribution in [0.1, 0.15) is 38.7 Å². The topological polar surface area (TPSA) is 66.4 Å². The van der Waals surface area contributed by atoms with Crippen LogP contribution < -0.4 is 5.32 Å². The van der Waals surface area contributed by atoms with Crippen molar-refractivity contribution in [2.45, 2.75) is 39.2 Å². The van der Waals surface area contributed by atoms with Crippen LogP contribution in [0.4, 0.5) is 0 Å². The van der Waals surface area contributed by atoms with E-state index >= 15 is 0 Å². The SMILES string of the molecule is CC(C)CC(NC(=O)[C@@H](C)c1ccccc1)C(=O)O. The maximum absolute atomic E-state index is 12.1. The Morgan fingerprint density at radius 2 is 1.74 bits per heavy atom. The molecule has 19 heavy (non-hydrogen) atoms. The number of nitrogens with one attached hydrogen (secondary N) is 1. The largest absolute Gasteiger partial charge is 0.480 e. The smallest absolute Gasteiger partial charge is 0.326 e. The molecule has 104 valence electrons. The van der Waals surface area contributed by atoms with Gasteiger partial charge in [0.1, 0.15) is 6.04 Å². The monoisotopic (exact) mass is 263 g/mol. The number of benzene rings is 1. The van der Waals surface area contributed by atoms with Crippen molar-refractivity contribution in [2.24, 2.45) is 5.92 Å². The first kappa shape index (κ1) is 15.2. The van der Waals surface area contributed by atoms with Gasteiger partial charge >= 0.3 is 5.97 Å². The molecule has 0 saturated carbocycles. The molecule has 0 aliphatic heterocycles. The van der Waals surface area contributed by atoms with Crippen LogP contribution in [0.3, 0.4) is 0 Å². The first-order valence-electron chi connectivity index (χ1n) is 6.50. The van der Waals surface area contributed by atoms with Gasteiger partial charge in [-0.2, -0.15) is 0 Å². The van der Waals surface area contributed by atoms with Crippen molar-refractivity contribution < 1.29 is 14.7 Å². The minimum Gasteiger partial charge on any atom is -0.480 e. The number of carbonyl (C=O) groups excluding carboxylic acids is 1. The fraction of sp³-hybridized carbons (Fsp3) is 0.467. The highest BCUT2D eigenvalue weighted by Crippen LogP contribution is 2.15. The van der Waals surface area contributed by atoms with Gasteiger partial charge in [-0.1, -0.05) is 44.2 Å². The number of aliphatic carboxylic acids is 1. The highest BCUT2D eigenvalue weighted by Gasteiger charge is 2.24. The molecule has 1 rings (SSSR count). The van der Waals surface area contributed by atoms with Crippen LogP contribution in [0.5, 0.6) is 0 Å². The summed E-state index contributed by atoms with van der Waals surface area (Å²) in [7, 11) is 0. The molecule has 0 aromatic heterocycles. The Kier molecular flexibility index (Phi) is 5.55. The Morgan fingerprint density at radius 3 is 2.21 bits per heavy atom. The van der Waals surface area contributed by atoms with E-state index in [-0.39, 0.29) is 17.7 Å². The lowest BCUT2D eigenvalue weighted by atomic mass is 9.98. The second-order valence-electron chi connectivity index (χ2n) is 5.16. The third-order valence-electron chi connectivity index (χ3n) is 3.01. The zero-order chi connectivity index (χ0) is 14.4. The second kappa shape index (κ2) is 6.92. The number of rotatable bonds is 6. The number of carboxylic acids is 1. The van der Waals surface area contributed by atoms with Crippen molar-refractivity contribution >= 4 is 11.9 Å². The average Bonchev–Trinajstić information content (AvgIpc) is 2.37. The molecule has 1 aromatic carbocycles. The van der Waals surface area contributed by atoms with Gasteiger partial charge in [-0.3, -0.25) is 4.79 Å². The Balaban J connectivity index is 2.69. The number of hydrogen-bond donors (Lipinski definition) is 2. The lowest BCUT2D eigenvalue weighted by Gasteiger charge is -2.19. The van der Waals surface area contributed by atoms with E-state index in [2.05, 4.69) is 5.32 Å². The minimum absolute atomic E-state index is 0.216. The minimum atomic E-state index is -0.984. The molecule has 0 bridgehead atoms. The molecule has 0 spiro atoms. The quantitative estimate of drug-likeness (QED) is 0.828. The normalized spacial score (nSPS) is 13.9. The van der Waals surface area contributed by atoms with Gasteiger partial charge < -0.3 is 10.4 Å². The van der Waals surface area contributed by atoms with Crippen LogP contribution in [0.15, 0.2) is 30.3 Å². The van der Waals surface area contributed by atoms with E-state index in [0.717, 1.165) is 5.56 Å². The van der Waals surface area contributed by atoms with Crippen LogP contribution in [-0.4, -0.2) is 23.0 Å². The van der Waals surface area contributed by atoms with E-state index in [1.54, 1.807) is 6.92 Å². The zero-order valence-electron chi connectivity index (χ0n) is 11.6. The molecule has 0 heterocycles. The van der Waals surface area contributed by atoms with Crippen molar-refractivity contribution in [1.29, 1.82) is 0 Å². The lowest BCUT2D eigenvalue weighted by Crippen LogP contribution is -2.43. The third-order valence-corrected chi connectivity index (χ3v) is 3.01. The van der Waals surface area contributed by atoms with Crippen molar-refractivity contribution in [1.82, 2.24) is 5.32 Å². The number of carbonyl (C=O) groups is 2. The molecule has 0 fully saturated rings. The Bertz CT molecular complexity index is 428. The highest BCUT2D eigenvalue weighted by molar-refractivity contribution is 5.87.